The molecule has 0 unspecified atom stereocenters. The van der Waals surface area contributed by atoms with Gasteiger partial charge in [-0.2, -0.15) is 0 Å². The van der Waals surface area contributed by atoms with E-state index in [0.29, 0.717) is 47.3 Å². The summed E-state index contributed by atoms with van der Waals surface area (Å²) >= 11 is 0. The van der Waals surface area contributed by atoms with E-state index in [-0.39, 0.29) is 23.6 Å². The summed E-state index contributed by atoms with van der Waals surface area (Å²) in [4.78, 5) is 9.43. The van der Waals surface area contributed by atoms with Gasteiger partial charge >= 0.3 is 0 Å². The third kappa shape index (κ3) is 3.87. The van der Waals surface area contributed by atoms with Crippen molar-refractivity contribution >= 4 is 33.3 Å². The summed E-state index contributed by atoms with van der Waals surface area (Å²) < 4.78 is 11.9. The van der Waals surface area contributed by atoms with E-state index >= 15 is 0 Å². The third-order valence-electron chi connectivity index (χ3n) is 7.39. The fourth-order valence-electron chi connectivity index (χ4n) is 5.49. The Morgan fingerprint density at radius 2 is 1.15 bits per heavy atom. The molecule has 0 spiro atoms. The number of rotatable bonds is 4. The van der Waals surface area contributed by atoms with Crippen molar-refractivity contribution in [2.24, 2.45) is 9.98 Å². The van der Waals surface area contributed by atoms with Gasteiger partial charge in [0.2, 0.25) is 11.8 Å². The predicted octanol–water partition coefficient (Wildman–Crippen LogP) is 6.75. The standard InChI is InChI=1S/C33H26N2O4/c1-19-17-38-32(34-19)25-15-21-11-5-7-13-23(21)28(30(25)36)29-24-14-8-6-12-22(24)16-26(31(29)37)33-35-27(18-39-33)20-9-3-2-4-10-20/h2-16,19,27,36-37H,17-18H2,1H3/t19-,27+/m1/s1. The lowest BCUT2D eigenvalue weighted by Crippen LogP contribution is -2.05. The number of hydrogen-bond donors (Lipinski definition) is 2. The SMILES string of the molecule is C[C@@H]1COC(c2cc3ccccc3c(-c3c(O)c(C4=N[C@H](c5ccccc5)CO4)cc4ccccc34)c2O)=N1. The van der Waals surface area contributed by atoms with Crippen molar-refractivity contribution in [3.05, 3.63) is 108 Å². The van der Waals surface area contributed by atoms with E-state index in [0.717, 1.165) is 27.1 Å². The molecule has 6 heteroatoms. The summed E-state index contributed by atoms with van der Waals surface area (Å²) in [6.07, 6.45) is 0. The molecule has 5 aromatic carbocycles. The zero-order chi connectivity index (χ0) is 26.5. The van der Waals surface area contributed by atoms with E-state index < -0.39 is 0 Å². The number of ether oxygens (including phenoxy) is 2. The van der Waals surface area contributed by atoms with Crippen molar-refractivity contribution < 1.29 is 19.7 Å². The Labute approximate surface area is 225 Å². The minimum absolute atomic E-state index is 0.00131. The number of phenolic OH excluding ortho intramolecular Hbond substituents is 2. The molecule has 6 nitrogen and oxygen atoms in total. The van der Waals surface area contributed by atoms with Crippen LogP contribution in [0.4, 0.5) is 0 Å². The van der Waals surface area contributed by atoms with Crippen molar-refractivity contribution in [1.82, 2.24) is 0 Å². The Bertz CT molecular complexity index is 1810. The van der Waals surface area contributed by atoms with E-state index in [4.69, 9.17) is 14.5 Å². The average molecular weight is 515 g/mol. The molecule has 0 saturated heterocycles. The summed E-state index contributed by atoms with van der Waals surface area (Å²) in [5, 5.41) is 27.1. The second-order valence-electron chi connectivity index (χ2n) is 10.0. The van der Waals surface area contributed by atoms with Gasteiger partial charge in [0, 0.05) is 11.1 Å². The minimum Gasteiger partial charge on any atom is -0.506 e. The molecule has 2 aliphatic rings. The number of fused-ring (bicyclic) bond motifs is 2. The van der Waals surface area contributed by atoms with E-state index in [2.05, 4.69) is 4.99 Å². The molecule has 0 aliphatic carbocycles. The number of aliphatic imine (C=N–C) groups is 2. The van der Waals surface area contributed by atoms with Crippen LogP contribution in [0.3, 0.4) is 0 Å². The Balaban J connectivity index is 1.50. The second kappa shape index (κ2) is 9.17. The maximum Gasteiger partial charge on any atom is 0.220 e. The highest BCUT2D eigenvalue weighted by Gasteiger charge is 2.29. The number of phenols is 2. The van der Waals surface area contributed by atoms with Gasteiger partial charge in [-0.3, -0.25) is 0 Å². The predicted molar refractivity (Wildman–Crippen MR) is 154 cm³/mol. The van der Waals surface area contributed by atoms with Crippen LogP contribution >= 0.6 is 0 Å². The maximum atomic E-state index is 11.9. The lowest BCUT2D eigenvalue weighted by Gasteiger charge is -2.18. The van der Waals surface area contributed by atoms with Crippen molar-refractivity contribution in [3.63, 3.8) is 0 Å². The molecule has 0 aromatic heterocycles. The highest BCUT2D eigenvalue weighted by Crippen LogP contribution is 2.48. The molecule has 2 atom stereocenters. The van der Waals surface area contributed by atoms with Crippen LogP contribution in [0.2, 0.25) is 0 Å². The van der Waals surface area contributed by atoms with Crippen molar-refractivity contribution in [2.45, 2.75) is 19.0 Å². The molecular formula is C33H26N2O4. The van der Waals surface area contributed by atoms with E-state index in [1.165, 1.54) is 0 Å². The van der Waals surface area contributed by atoms with Crippen molar-refractivity contribution in [1.29, 1.82) is 0 Å². The Kier molecular flexibility index (Phi) is 5.48. The average Bonchev–Trinajstić information content (AvgIpc) is 3.63. The highest BCUT2D eigenvalue weighted by molar-refractivity contribution is 6.16. The van der Waals surface area contributed by atoms with Crippen LogP contribution in [0.25, 0.3) is 32.7 Å². The van der Waals surface area contributed by atoms with E-state index in [9.17, 15) is 10.2 Å². The van der Waals surface area contributed by atoms with Crippen LogP contribution in [0.5, 0.6) is 11.5 Å². The number of aromatic hydroxyl groups is 2. The molecule has 5 aromatic rings. The number of nitrogens with zero attached hydrogens (tertiary/aromatic N) is 2. The van der Waals surface area contributed by atoms with Gasteiger partial charge in [-0.15, -0.1) is 0 Å². The topological polar surface area (TPSA) is 83.6 Å². The van der Waals surface area contributed by atoms with Gasteiger partial charge in [-0.1, -0.05) is 78.9 Å². The van der Waals surface area contributed by atoms with Gasteiger partial charge in [-0.05, 0) is 46.2 Å². The van der Waals surface area contributed by atoms with Gasteiger partial charge in [0.25, 0.3) is 0 Å². The molecule has 7 rings (SSSR count). The molecular weight excluding hydrogens is 488 g/mol. The molecule has 39 heavy (non-hydrogen) atoms. The molecule has 0 radical (unpaired) electrons. The summed E-state index contributed by atoms with van der Waals surface area (Å²) in [7, 11) is 0. The Morgan fingerprint density at radius 1 is 0.641 bits per heavy atom. The van der Waals surface area contributed by atoms with E-state index in [1.807, 2.05) is 97.9 Å². The normalized spacial score (nSPS) is 18.6. The van der Waals surface area contributed by atoms with Gasteiger partial charge in [0.05, 0.1) is 17.2 Å². The number of benzene rings is 5. The lowest BCUT2D eigenvalue weighted by atomic mass is 9.88. The minimum atomic E-state index is -0.160. The van der Waals surface area contributed by atoms with Gasteiger partial charge in [0.1, 0.15) is 30.8 Å². The summed E-state index contributed by atoms with van der Waals surface area (Å²) in [5.41, 5.74) is 3.07. The number of hydrogen-bond acceptors (Lipinski definition) is 6. The summed E-state index contributed by atoms with van der Waals surface area (Å²) in [6.45, 7) is 2.82. The molecule has 0 bridgehead atoms. The molecule has 0 amide bonds. The Morgan fingerprint density at radius 3 is 1.72 bits per heavy atom. The monoisotopic (exact) mass is 514 g/mol. The first-order valence-electron chi connectivity index (χ1n) is 13.0. The van der Waals surface area contributed by atoms with Crippen LogP contribution in [-0.4, -0.2) is 41.3 Å². The molecule has 0 fully saturated rings. The zero-order valence-electron chi connectivity index (χ0n) is 21.3. The van der Waals surface area contributed by atoms with Crippen LogP contribution in [0.15, 0.2) is 101 Å². The van der Waals surface area contributed by atoms with Crippen molar-refractivity contribution in [2.75, 3.05) is 13.2 Å². The van der Waals surface area contributed by atoms with Gasteiger partial charge in [0.15, 0.2) is 0 Å². The molecule has 2 aliphatic heterocycles. The van der Waals surface area contributed by atoms with Crippen LogP contribution in [-0.2, 0) is 9.47 Å². The fraction of sp³-hybridized carbons (Fsp3) is 0.152. The van der Waals surface area contributed by atoms with Crippen LogP contribution in [0, 0.1) is 0 Å². The van der Waals surface area contributed by atoms with Crippen LogP contribution in [0.1, 0.15) is 29.7 Å². The third-order valence-corrected chi connectivity index (χ3v) is 7.39. The quantitative estimate of drug-likeness (QED) is 0.278. The van der Waals surface area contributed by atoms with Gasteiger partial charge in [-0.25, -0.2) is 9.98 Å². The molecule has 192 valence electrons. The van der Waals surface area contributed by atoms with E-state index in [1.54, 1.807) is 0 Å². The highest BCUT2D eigenvalue weighted by atomic mass is 16.5. The second-order valence-corrected chi connectivity index (χ2v) is 10.0. The molecule has 0 saturated carbocycles. The van der Waals surface area contributed by atoms with Gasteiger partial charge < -0.3 is 19.7 Å². The summed E-state index contributed by atoms with van der Waals surface area (Å²) in [6, 6.07) is 29.2. The molecule has 2 N–H and O–H groups in total. The first kappa shape index (κ1) is 23.3. The summed E-state index contributed by atoms with van der Waals surface area (Å²) in [5.74, 6) is 0.795. The maximum absolute atomic E-state index is 11.9. The fourth-order valence-corrected chi connectivity index (χ4v) is 5.49. The zero-order valence-corrected chi connectivity index (χ0v) is 21.3. The molecule has 2 heterocycles. The largest absolute Gasteiger partial charge is 0.506 e. The van der Waals surface area contributed by atoms with Crippen molar-refractivity contribution in [3.8, 4) is 22.6 Å². The first-order chi connectivity index (χ1) is 19.1. The Hall–Kier alpha value is -4.84. The first-order valence-corrected chi connectivity index (χ1v) is 13.0. The lowest BCUT2D eigenvalue weighted by molar-refractivity contribution is 0.318. The van der Waals surface area contributed by atoms with Crippen LogP contribution < -0.4 is 0 Å². The smallest absolute Gasteiger partial charge is 0.220 e.